The summed E-state index contributed by atoms with van der Waals surface area (Å²) in [7, 11) is 0. The minimum absolute atomic E-state index is 0.227. The van der Waals surface area contributed by atoms with E-state index in [1.54, 1.807) is 0 Å². The third-order valence-electron chi connectivity index (χ3n) is 5.64. The van der Waals surface area contributed by atoms with Crippen molar-refractivity contribution < 1.29 is 19.8 Å². The number of hydrogen-bond donors (Lipinski definition) is 3. The molecule has 134 valence electrons. The molecular weight excluding hydrogens is 320 g/mol. The van der Waals surface area contributed by atoms with Gasteiger partial charge in [0.05, 0.1) is 17.6 Å². The molecule has 2 aliphatic rings. The minimum Gasteiger partial charge on any atom is -0.478 e. The molecule has 2 unspecified atom stereocenters. The van der Waals surface area contributed by atoms with E-state index in [0.29, 0.717) is 29.5 Å². The van der Waals surface area contributed by atoms with E-state index in [4.69, 9.17) is 5.11 Å². The number of nitrogens with zero attached hydrogens (tertiary/aromatic N) is 1. The fraction of sp³-hybridized carbons (Fsp3) is 0.526. The van der Waals surface area contributed by atoms with Crippen LogP contribution in [0, 0.1) is 11.3 Å². The van der Waals surface area contributed by atoms with Gasteiger partial charge in [-0.2, -0.15) is 0 Å². The van der Waals surface area contributed by atoms with Gasteiger partial charge < -0.3 is 15.2 Å². The van der Waals surface area contributed by atoms with Gasteiger partial charge in [0.25, 0.3) is 0 Å². The Bertz CT molecular complexity index is 746. The zero-order valence-corrected chi connectivity index (χ0v) is 14.4. The van der Waals surface area contributed by atoms with Crippen LogP contribution < -0.4 is 0 Å². The molecule has 1 aromatic rings. The minimum atomic E-state index is -1.29. The van der Waals surface area contributed by atoms with Crippen molar-refractivity contribution in [2.75, 3.05) is 0 Å². The van der Waals surface area contributed by atoms with E-state index >= 15 is 0 Å². The number of aliphatic carboxylic acids is 2. The third-order valence-corrected chi connectivity index (χ3v) is 5.64. The lowest BCUT2D eigenvalue weighted by molar-refractivity contribution is -0.133. The second-order valence-corrected chi connectivity index (χ2v) is 7.39. The first-order valence-electron chi connectivity index (χ1n) is 8.81. The summed E-state index contributed by atoms with van der Waals surface area (Å²) in [5, 5.41) is 18.2. The molecule has 25 heavy (non-hydrogen) atoms. The summed E-state index contributed by atoms with van der Waals surface area (Å²) in [6, 6.07) is 0. The highest BCUT2D eigenvalue weighted by Gasteiger charge is 2.35. The Morgan fingerprint density at radius 3 is 2.88 bits per heavy atom. The number of fused-ring (bicyclic) bond motifs is 1. The number of nitrogens with one attached hydrogen (secondary N) is 1. The normalized spacial score (nSPS) is 26.7. The number of carbonyl (C=O) groups is 2. The summed E-state index contributed by atoms with van der Waals surface area (Å²) in [6.07, 6.45) is 12.3. The predicted molar refractivity (Wildman–Crippen MR) is 92.9 cm³/mol. The molecule has 3 rings (SSSR count). The molecule has 0 aliphatic heterocycles. The molecule has 0 amide bonds. The Morgan fingerprint density at radius 2 is 2.16 bits per heavy atom. The lowest BCUT2D eigenvalue weighted by atomic mass is 9.64. The molecule has 0 bridgehead atoms. The van der Waals surface area contributed by atoms with Crippen molar-refractivity contribution in [3.05, 3.63) is 35.4 Å². The first-order valence-corrected chi connectivity index (χ1v) is 8.81. The number of aromatic amines is 1. The van der Waals surface area contributed by atoms with E-state index in [1.165, 1.54) is 31.2 Å². The monoisotopic (exact) mass is 344 g/mol. The van der Waals surface area contributed by atoms with Crippen molar-refractivity contribution >= 4 is 17.5 Å². The summed E-state index contributed by atoms with van der Waals surface area (Å²) in [5.41, 5.74) is 2.51. The molecule has 0 saturated heterocycles. The lowest BCUT2D eigenvalue weighted by Gasteiger charge is -2.41. The van der Waals surface area contributed by atoms with Crippen molar-refractivity contribution in [3.8, 4) is 0 Å². The van der Waals surface area contributed by atoms with Crippen LogP contribution in [0.1, 0.15) is 56.8 Å². The van der Waals surface area contributed by atoms with E-state index in [0.717, 1.165) is 19.3 Å². The Hall–Kier alpha value is -2.37. The van der Waals surface area contributed by atoms with Crippen LogP contribution in [-0.4, -0.2) is 32.1 Å². The quantitative estimate of drug-likeness (QED) is 0.561. The van der Waals surface area contributed by atoms with E-state index in [1.807, 2.05) is 0 Å². The standard InChI is InChI=1S/C19H24N2O4/c1-19-6-3-2-4-13(19)8-12(5-7-19)9-15-17(21-11-20-15)14(18(24)25)10-16(22)23/h8,10-12H,2-7,9H2,1H3,(H,20,21)(H,22,23)(H,24,25). The number of hydrogen-bond acceptors (Lipinski definition) is 3. The molecule has 6 nitrogen and oxygen atoms in total. The van der Waals surface area contributed by atoms with Crippen LogP contribution in [0.15, 0.2) is 24.1 Å². The van der Waals surface area contributed by atoms with Crippen molar-refractivity contribution in [3.63, 3.8) is 0 Å². The largest absolute Gasteiger partial charge is 0.478 e. The van der Waals surface area contributed by atoms with Gasteiger partial charge in [-0.15, -0.1) is 0 Å². The van der Waals surface area contributed by atoms with Crippen molar-refractivity contribution in [1.82, 2.24) is 9.97 Å². The van der Waals surface area contributed by atoms with Gasteiger partial charge in [-0.1, -0.05) is 25.0 Å². The number of allylic oxidation sites excluding steroid dienone is 2. The Balaban J connectivity index is 1.83. The maximum Gasteiger partial charge on any atom is 0.338 e. The topological polar surface area (TPSA) is 103 Å². The lowest BCUT2D eigenvalue weighted by Crippen LogP contribution is -2.28. The highest BCUT2D eigenvalue weighted by Crippen LogP contribution is 2.48. The van der Waals surface area contributed by atoms with Crippen LogP contribution in [0.25, 0.3) is 5.57 Å². The number of imidazole rings is 1. The Kier molecular flexibility index (Phi) is 4.79. The summed E-state index contributed by atoms with van der Waals surface area (Å²) in [6.45, 7) is 2.36. The molecule has 2 atom stereocenters. The van der Waals surface area contributed by atoms with Crippen LogP contribution in [0.3, 0.4) is 0 Å². The van der Waals surface area contributed by atoms with Crippen molar-refractivity contribution in [2.45, 2.75) is 51.9 Å². The van der Waals surface area contributed by atoms with Crippen LogP contribution in [0.4, 0.5) is 0 Å². The first-order chi connectivity index (χ1) is 11.9. The molecule has 1 aromatic heterocycles. The van der Waals surface area contributed by atoms with Gasteiger partial charge in [0, 0.05) is 11.8 Å². The van der Waals surface area contributed by atoms with E-state index < -0.39 is 11.9 Å². The van der Waals surface area contributed by atoms with Crippen LogP contribution in [0.2, 0.25) is 0 Å². The van der Waals surface area contributed by atoms with E-state index in [2.05, 4.69) is 23.0 Å². The molecular formula is C19H24N2O4. The highest BCUT2D eigenvalue weighted by atomic mass is 16.4. The van der Waals surface area contributed by atoms with Gasteiger partial charge in [0.2, 0.25) is 0 Å². The van der Waals surface area contributed by atoms with Gasteiger partial charge in [-0.25, -0.2) is 14.6 Å². The first kappa shape index (κ1) is 17.5. The number of carboxylic acid groups (broad SMARTS) is 2. The second kappa shape index (κ2) is 6.86. The Morgan fingerprint density at radius 1 is 1.36 bits per heavy atom. The second-order valence-electron chi connectivity index (χ2n) is 7.39. The fourth-order valence-electron chi connectivity index (χ4n) is 4.22. The molecule has 1 saturated carbocycles. The molecule has 2 aliphatic carbocycles. The van der Waals surface area contributed by atoms with Gasteiger partial charge in [0.15, 0.2) is 0 Å². The smallest absolute Gasteiger partial charge is 0.338 e. The third kappa shape index (κ3) is 3.67. The molecule has 0 radical (unpaired) electrons. The molecule has 1 fully saturated rings. The highest BCUT2D eigenvalue weighted by molar-refractivity contribution is 6.19. The molecule has 1 heterocycles. The van der Waals surface area contributed by atoms with E-state index in [-0.39, 0.29) is 11.3 Å². The average molecular weight is 344 g/mol. The summed E-state index contributed by atoms with van der Waals surface area (Å²) >= 11 is 0. The zero-order chi connectivity index (χ0) is 18.0. The molecule has 3 N–H and O–H groups in total. The maximum absolute atomic E-state index is 11.4. The van der Waals surface area contributed by atoms with Crippen molar-refractivity contribution in [1.29, 1.82) is 0 Å². The average Bonchev–Trinajstić information content (AvgIpc) is 3.00. The molecule has 0 spiro atoms. The number of H-pyrrole nitrogens is 1. The molecule has 0 aromatic carbocycles. The van der Waals surface area contributed by atoms with Crippen molar-refractivity contribution in [2.24, 2.45) is 11.3 Å². The zero-order valence-electron chi connectivity index (χ0n) is 14.4. The van der Waals surface area contributed by atoms with Gasteiger partial charge in [-0.05, 0) is 49.9 Å². The van der Waals surface area contributed by atoms with Crippen LogP contribution in [-0.2, 0) is 16.0 Å². The summed E-state index contributed by atoms with van der Waals surface area (Å²) in [5.74, 6) is -2.23. The summed E-state index contributed by atoms with van der Waals surface area (Å²) < 4.78 is 0. The predicted octanol–water partition coefficient (Wildman–Crippen LogP) is 3.42. The maximum atomic E-state index is 11.4. The number of rotatable bonds is 5. The molecule has 6 heteroatoms. The van der Waals surface area contributed by atoms with Crippen LogP contribution >= 0.6 is 0 Å². The summed E-state index contributed by atoms with van der Waals surface area (Å²) in [4.78, 5) is 29.4. The van der Waals surface area contributed by atoms with Gasteiger partial charge in [0.1, 0.15) is 0 Å². The van der Waals surface area contributed by atoms with Gasteiger partial charge in [-0.3, -0.25) is 0 Å². The van der Waals surface area contributed by atoms with E-state index in [9.17, 15) is 14.7 Å². The van der Waals surface area contributed by atoms with Crippen LogP contribution in [0.5, 0.6) is 0 Å². The Labute approximate surface area is 146 Å². The van der Waals surface area contributed by atoms with Gasteiger partial charge >= 0.3 is 11.9 Å². The number of aromatic nitrogens is 2. The SMILES string of the molecule is CC12CCCCC1=CC(Cc1[nH]cnc1C(=CC(=O)O)C(=O)O)CC2. The fourth-order valence-corrected chi connectivity index (χ4v) is 4.22. The number of carboxylic acids is 2.